The van der Waals surface area contributed by atoms with E-state index in [4.69, 9.17) is 9.47 Å². The lowest BCUT2D eigenvalue weighted by molar-refractivity contribution is -0.130. The van der Waals surface area contributed by atoms with E-state index in [9.17, 15) is 14.4 Å². The van der Waals surface area contributed by atoms with Gasteiger partial charge in [-0.2, -0.15) is 0 Å². The highest BCUT2D eigenvalue weighted by Gasteiger charge is 2.50. The van der Waals surface area contributed by atoms with E-state index in [0.29, 0.717) is 28.5 Å². The number of ketones is 1. The number of rotatable bonds is 7. The topological polar surface area (TPSA) is 89.9 Å². The minimum absolute atomic E-state index is 0.117. The average molecular weight is 440 g/mol. The molecule has 32 heavy (non-hydrogen) atoms. The van der Waals surface area contributed by atoms with Gasteiger partial charge in [-0.3, -0.25) is 14.5 Å². The summed E-state index contributed by atoms with van der Waals surface area (Å²) in [5.41, 5.74) is 1.69. The number of nitrogens with zero attached hydrogens (tertiary/aromatic N) is 2. The van der Waals surface area contributed by atoms with Crippen molar-refractivity contribution in [3.05, 3.63) is 46.8 Å². The van der Waals surface area contributed by atoms with Crippen LogP contribution in [0.3, 0.4) is 0 Å². The summed E-state index contributed by atoms with van der Waals surface area (Å²) in [4.78, 5) is 40.0. The summed E-state index contributed by atoms with van der Waals surface area (Å²) in [6, 6.07) is 6.38. The van der Waals surface area contributed by atoms with E-state index in [1.165, 1.54) is 0 Å². The third-order valence-corrected chi connectivity index (χ3v) is 6.33. The largest absolute Gasteiger partial charge is 0.454 e. The number of amides is 3. The van der Waals surface area contributed by atoms with Crippen LogP contribution in [0.2, 0.25) is 0 Å². The lowest BCUT2D eigenvalue weighted by atomic mass is 9.91. The molecular weight excluding hydrogens is 410 g/mol. The van der Waals surface area contributed by atoms with Gasteiger partial charge in [0.2, 0.25) is 6.79 Å². The second-order valence-corrected chi connectivity index (χ2v) is 9.06. The minimum atomic E-state index is -1.29. The summed E-state index contributed by atoms with van der Waals surface area (Å²) in [6.45, 7) is 10.5. The highest BCUT2D eigenvalue weighted by atomic mass is 16.7. The number of imide groups is 1. The molecule has 0 bridgehead atoms. The lowest BCUT2D eigenvalue weighted by Gasteiger charge is -2.22. The Bertz CT molecular complexity index is 1100. The zero-order valence-corrected chi connectivity index (χ0v) is 19.2. The van der Waals surface area contributed by atoms with Crippen LogP contribution in [-0.2, 0) is 16.9 Å². The van der Waals surface area contributed by atoms with Crippen LogP contribution in [0.15, 0.2) is 24.3 Å². The van der Waals surface area contributed by atoms with Gasteiger partial charge in [0.05, 0.1) is 6.54 Å². The number of aryl methyl sites for hydroxylation is 1. The second kappa shape index (κ2) is 8.00. The monoisotopic (exact) mass is 439 g/mol. The number of carbonyl (C=O) groups is 3. The molecule has 8 nitrogen and oxygen atoms in total. The lowest BCUT2D eigenvalue weighted by Crippen LogP contribution is -2.41. The number of benzene rings is 1. The number of urea groups is 1. The predicted molar refractivity (Wildman–Crippen MR) is 118 cm³/mol. The molecule has 1 unspecified atom stereocenters. The fourth-order valence-electron chi connectivity index (χ4n) is 4.29. The molecule has 2 aromatic rings. The molecule has 0 radical (unpaired) electrons. The maximum Gasteiger partial charge on any atom is 0.325 e. The Morgan fingerprint density at radius 3 is 2.59 bits per heavy atom. The van der Waals surface area contributed by atoms with Gasteiger partial charge in [-0.05, 0) is 56.9 Å². The molecule has 170 valence electrons. The summed E-state index contributed by atoms with van der Waals surface area (Å²) in [6.07, 6.45) is 1.00. The zero-order chi connectivity index (χ0) is 23.2. The van der Waals surface area contributed by atoms with Gasteiger partial charge in [0.1, 0.15) is 5.54 Å². The first kappa shape index (κ1) is 21.9. The molecule has 8 heteroatoms. The maximum atomic E-state index is 13.3. The smallest absolute Gasteiger partial charge is 0.325 e. The number of aromatic nitrogens is 1. The summed E-state index contributed by atoms with van der Waals surface area (Å²) in [7, 11) is 0. The molecule has 3 heterocycles. The van der Waals surface area contributed by atoms with Crippen LogP contribution in [-0.4, -0.2) is 40.5 Å². The van der Waals surface area contributed by atoms with Crippen molar-refractivity contribution in [3.8, 4) is 11.5 Å². The molecule has 3 amide bonds. The molecule has 0 aliphatic carbocycles. The van der Waals surface area contributed by atoms with Crippen LogP contribution < -0.4 is 14.8 Å². The van der Waals surface area contributed by atoms with Gasteiger partial charge in [0.25, 0.3) is 5.91 Å². The van der Waals surface area contributed by atoms with Crippen molar-refractivity contribution in [2.75, 3.05) is 13.3 Å². The quantitative estimate of drug-likeness (QED) is 0.527. The van der Waals surface area contributed by atoms with E-state index in [1.807, 2.05) is 19.9 Å². The van der Waals surface area contributed by atoms with Crippen molar-refractivity contribution in [1.82, 2.24) is 14.8 Å². The molecule has 0 spiro atoms. The SMILES string of the molecule is Cc1cc(C(=O)CN2C(=O)NC(C)(c3ccc4c(c3)OCO4)C2=O)c(C)n1CCC(C)C. The molecule has 1 atom stereocenters. The first-order valence-electron chi connectivity index (χ1n) is 10.9. The zero-order valence-electron chi connectivity index (χ0n) is 19.2. The average Bonchev–Trinajstić information content (AvgIpc) is 3.38. The van der Waals surface area contributed by atoms with Crippen LogP contribution >= 0.6 is 0 Å². The highest BCUT2D eigenvalue weighted by Crippen LogP contribution is 2.38. The molecule has 1 saturated heterocycles. The van der Waals surface area contributed by atoms with E-state index in [1.54, 1.807) is 25.1 Å². The number of hydrogen-bond acceptors (Lipinski definition) is 5. The first-order chi connectivity index (χ1) is 15.1. The summed E-state index contributed by atoms with van der Waals surface area (Å²) < 4.78 is 12.8. The number of carbonyl (C=O) groups excluding carboxylic acids is 3. The maximum absolute atomic E-state index is 13.3. The van der Waals surface area contributed by atoms with E-state index in [0.717, 1.165) is 29.3 Å². The van der Waals surface area contributed by atoms with Gasteiger partial charge in [-0.1, -0.05) is 19.9 Å². The minimum Gasteiger partial charge on any atom is -0.454 e. The molecule has 1 aromatic carbocycles. The van der Waals surface area contributed by atoms with Crippen LogP contribution in [0.4, 0.5) is 4.79 Å². The van der Waals surface area contributed by atoms with Crippen molar-refractivity contribution in [3.63, 3.8) is 0 Å². The second-order valence-electron chi connectivity index (χ2n) is 9.06. The standard InChI is InChI=1S/C24H29N3O5/c1-14(2)8-9-26-15(3)10-18(16(26)4)19(28)12-27-22(29)24(5,25-23(27)30)17-6-7-20-21(11-17)32-13-31-20/h6-7,10-11,14H,8-9,12-13H2,1-5H3,(H,25,30). The Morgan fingerprint density at radius 2 is 1.88 bits per heavy atom. The first-order valence-corrected chi connectivity index (χ1v) is 10.9. The van der Waals surface area contributed by atoms with Gasteiger partial charge in [-0.25, -0.2) is 4.79 Å². The molecule has 2 aliphatic heterocycles. The molecule has 0 saturated carbocycles. The number of nitrogens with one attached hydrogen (secondary N) is 1. The van der Waals surface area contributed by atoms with Crippen molar-refractivity contribution >= 4 is 17.7 Å². The Morgan fingerprint density at radius 1 is 1.16 bits per heavy atom. The summed E-state index contributed by atoms with van der Waals surface area (Å²) in [5, 5.41) is 2.74. The normalized spacial score (nSPS) is 19.8. The highest BCUT2D eigenvalue weighted by molar-refractivity contribution is 6.11. The van der Waals surface area contributed by atoms with Crippen LogP contribution in [0, 0.1) is 19.8 Å². The van der Waals surface area contributed by atoms with Crippen LogP contribution in [0.25, 0.3) is 0 Å². The third kappa shape index (κ3) is 3.63. The van der Waals surface area contributed by atoms with Crippen molar-refractivity contribution < 1.29 is 23.9 Å². The molecule has 1 N–H and O–H groups in total. The van der Waals surface area contributed by atoms with Gasteiger partial charge >= 0.3 is 6.03 Å². The van der Waals surface area contributed by atoms with Crippen LogP contribution in [0.1, 0.15) is 54.5 Å². The van der Waals surface area contributed by atoms with E-state index < -0.39 is 17.5 Å². The summed E-state index contributed by atoms with van der Waals surface area (Å²) >= 11 is 0. The number of ether oxygens (including phenoxy) is 2. The molecular formula is C24H29N3O5. The fourth-order valence-corrected chi connectivity index (χ4v) is 4.29. The van der Waals surface area contributed by atoms with Crippen LogP contribution in [0.5, 0.6) is 11.5 Å². The molecule has 4 rings (SSSR count). The number of hydrogen-bond donors (Lipinski definition) is 1. The molecule has 1 fully saturated rings. The van der Waals surface area contributed by atoms with Gasteiger partial charge in [0.15, 0.2) is 17.3 Å². The predicted octanol–water partition coefficient (Wildman–Crippen LogP) is 3.53. The fraction of sp³-hybridized carbons (Fsp3) is 0.458. The summed E-state index contributed by atoms with van der Waals surface area (Å²) in [5.74, 6) is 0.939. The van der Waals surface area contributed by atoms with E-state index in [2.05, 4.69) is 23.7 Å². The Kier molecular flexibility index (Phi) is 5.48. The van der Waals surface area contributed by atoms with E-state index in [-0.39, 0.29) is 19.1 Å². The Labute approximate surface area is 187 Å². The van der Waals surface area contributed by atoms with Crippen molar-refractivity contribution in [2.45, 2.75) is 53.1 Å². The molecule has 1 aromatic heterocycles. The van der Waals surface area contributed by atoms with Gasteiger partial charge in [-0.15, -0.1) is 0 Å². The van der Waals surface area contributed by atoms with Crippen molar-refractivity contribution in [2.24, 2.45) is 5.92 Å². The third-order valence-electron chi connectivity index (χ3n) is 6.33. The Hall–Kier alpha value is -3.29. The van der Waals surface area contributed by atoms with Crippen molar-refractivity contribution in [1.29, 1.82) is 0 Å². The molecule has 2 aliphatic rings. The number of fused-ring (bicyclic) bond motifs is 1. The van der Waals surface area contributed by atoms with Gasteiger partial charge < -0.3 is 19.4 Å². The van der Waals surface area contributed by atoms with Gasteiger partial charge in [0, 0.05) is 23.5 Å². The Balaban J connectivity index is 1.54. The number of Topliss-reactive ketones (excluding diaryl/α,β-unsaturated/α-hetero) is 1. The van der Waals surface area contributed by atoms with E-state index >= 15 is 0 Å².